The SMILES string of the molecule is Cc1cc(Br)c(NC(=O)C2=NNC(=O)CC2)c(Br)c1. The molecule has 0 atom stereocenters. The van der Waals surface area contributed by atoms with Gasteiger partial charge in [0, 0.05) is 21.8 Å². The van der Waals surface area contributed by atoms with Crippen molar-refractivity contribution in [2.45, 2.75) is 19.8 Å². The summed E-state index contributed by atoms with van der Waals surface area (Å²) in [6, 6.07) is 3.82. The number of anilines is 1. The smallest absolute Gasteiger partial charge is 0.271 e. The Morgan fingerprint density at radius 3 is 2.47 bits per heavy atom. The summed E-state index contributed by atoms with van der Waals surface area (Å²) in [6.45, 7) is 1.96. The molecule has 0 saturated heterocycles. The van der Waals surface area contributed by atoms with Gasteiger partial charge < -0.3 is 5.32 Å². The van der Waals surface area contributed by atoms with Crippen LogP contribution >= 0.6 is 31.9 Å². The van der Waals surface area contributed by atoms with Gasteiger partial charge >= 0.3 is 0 Å². The van der Waals surface area contributed by atoms with Crippen molar-refractivity contribution in [2.24, 2.45) is 5.10 Å². The van der Waals surface area contributed by atoms with Crippen LogP contribution in [0.15, 0.2) is 26.2 Å². The molecule has 0 radical (unpaired) electrons. The molecule has 1 heterocycles. The van der Waals surface area contributed by atoms with E-state index in [0.29, 0.717) is 17.8 Å². The van der Waals surface area contributed by atoms with E-state index in [1.165, 1.54) is 0 Å². The first-order valence-electron chi connectivity index (χ1n) is 5.60. The first-order chi connectivity index (χ1) is 8.97. The molecule has 0 fully saturated rings. The standard InChI is InChI=1S/C12H11Br2N3O2/c1-6-4-7(13)11(8(14)5-6)15-12(19)9-2-3-10(18)17-16-9/h4-5H,2-3H2,1H3,(H,15,19)(H,17,18). The molecule has 0 spiro atoms. The van der Waals surface area contributed by atoms with Crippen molar-refractivity contribution in [3.05, 3.63) is 26.6 Å². The van der Waals surface area contributed by atoms with Gasteiger partial charge in [0.05, 0.1) is 5.69 Å². The van der Waals surface area contributed by atoms with Gasteiger partial charge in [0.15, 0.2) is 0 Å². The van der Waals surface area contributed by atoms with Gasteiger partial charge in [-0.1, -0.05) is 0 Å². The molecule has 100 valence electrons. The highest BCUT2D eigenvalue weighted by molar-refractivity contribution is 9.11. The Labute approximate surface area is 127 Å². The van der Waals surface area contributed by atoms with Gasteiger partial charge in [-0.25, -0.2) is 5.43 Å². The predicted octanol–water partition coefficient (Wildman–Crippen LogP) is 2.72. The Kier molecular flexibility index (Phi) is 4.36. The molecule has 0 aromatic heterocycles. The lowest BCUT2D eigenvalue weighted by Gasteiger charge is -2.14. The number of hydrogen-bond acceptors (Lipinski definition) is 3. The molecule has 0 bridgehead atoms. The number of hydrogen-bond donors (Lipinski definition) is 2. The van der Waals surface area contributed by atoms with E-state index in [9.17, 15) is 9.59 Å². The van der Waals surface area contributed by atoms with Crippen molar-refractivity contribution in [3.8, 4) is 0 Å². The number of amides is 2. The average molecular weight is 389 g/mol. The second-order valence-electron chi connectivity index (χ2n) is 4.15. The van der Waals surface area contributed by atoms with Crippen molar-refractivity contribution in [2.75, 3.05) is 5.32 Å². The van der Waals surface area contributed by atoms with E-state index < -0.39 is 0 Å². The molecule has 0 saturated carbocycles. The third-order valence-corrected chi connectivity index (χ3v) is 3.84. The minimum absolute atomic E-state index is 0.172. The van der Waals surface area contributed by atoms with Crippen LogP contribution in [0.25, 0.3) is 0 Å². The average Bonchev–Trinajstić information content (AvgIpc) is 2.34. The highest BCUT2D eigenvalue weighted by atomic mass is 79.9. The molecular weight excluding hydrogens is 378 g/mol. The molecule has 2 amide bonds. The summed E-state index contributed by atoms with van der Waals surface area (Å²) in [5, 5.41) is 6.53. The van der Waals surface area contributed by atoms with Gasteiger partial charge in [-0.3, -0.25) is 9.59 Å². The van der Waals surface area contributed by atoms with Crippen LogP contribution in [0.5, 0.6) is 0 Å². The Bertz CT molecular complexity index is 561. The zero-order valence-corrected chi connectivity index (χ0v) is 13.3. The molecule has 19 heavy (non-hydrogen) atoms. The first kappa shape index (κ1) is 14.2. The lowest BCUT2D eigenvalue weighted by atomic mass is 10.1. The van der Waals surface area contributed by atoms with Gasteiger partial charge in [-0.2, -0.15) is 5.10 Å². The maximum Gasteiger partial charge on any atom is 0.271 e. The highest BCUT2D eigenvalue weighted by Gasteiger charge is 2.19. The quantitative estimate of drug-likeness (QED) is 0.817. The van der Waals surface area contributed by atoms with E-state index in [-0.39, 0.29) is 18.2 Å². The summed E-state index contributed by atoms with van der Waals surface area (Å²) >= 11 is 6.81. The Balaban J connectivity index is 2.18. The zero-order valence-electron chi connectivity index (χ0n) is 10.1. The van der Waals surface area contributed by atoms with E-state index >= 15 is 0 Å². The fourth-order valence-electron chi connectivity index (χ4n) is 1.64. The maximum absolute atomic E-state index is 12.0. The van der Waals surface area contributed by atoms with Crippen LogP contribution in [-0.2, 0) is 9.59 Å². The van der Waals surface area contributed by atoms with Gasteiger partial charge in [-0.05, 0) is 56.5 Å². The van der Waals surface area contributed by atoms with Crippen LogP contribution in [0.1, 0.15) is 18.4 Å². The van der Waals surface area contributed by atoms with Crippen molar-refractivity contribution in [1.29, 1.82) is 0 Å². The molecule has 0 unspecified atom stereocenters. The molecular formula is C12H11Br2N3O2. The van der Waals surface area contributed by atoms with Crippen LogP contribution in [0.2, 0.25) is 0 Å². The van der Waals surface area contributed by atoms with E-state index in [2.05, 4.69) is 47.7 Å². The number of aryl methyl sites for hydroxylation is 1. The summed E-state index contributed by atoms with van der Waals surface area (Å²) in [4.78, 5) is 23.0. The van der Waals surface area contributed by atoms with Crippen LogP contribution in [-0.4, -0.2) is 17.5 Å². The maximum atomic E-state index is 12.0. The van der Waals surface area contributed by atoms with Crippen LogP contribution in [0.4, 0.5) is 5.69 Å². The minimum atomic E-state index is -0.315. The summed E-state index contributed by atoms with van der Waals surface area (Å²) in [5.74, 6) is -0.487. The number of nitrogens with zero attached hydrogens (tertiary/aromatic N) is 1. The van der Waals surface area contributed by atoms with Crippen LogP contribution in [0.3, 0.4) is 0 Å². The Morgan fingerprint density at radius 2 is 1.95 bits per heavy atom. The molecule has 5 nitrogen and oxygen atoms in total. The number of hydrazone groups is 1. The van der Waals surface area contributed by atoms with Crippen molar-refractivity contribution >= 4 is 55.1 Å². The van der Waals surface area contributed by atoms with Gasteiger partial charge in [0.2, 0.25) is 5.91 Å². The number of carbonyl (C=O) groups is 2. The summed E-state index contributed by atoms with van der Waals surface area (Å²) in [5.41, 5.74) is 4.34. The molecule has 1 aromatic carbocycles. The molecule has 0 aliphatic carbocycles. The zero-order chi connectivity index (χ0) is 14.0. The largest absolute Gasteiger partial charge is 0.319 e. The number of nitrogens with one attached hydrogen (secondary N) is 2. The van der Waals surface area contributed by atoms with Crippen LogP contribution < -0.4 is 10.7 Å². The highest BCUT2D eigenvalue weighted by Crippen LogP contribution is 2.32. The second-order valence-corrected chi connectivity index (χ2v) is 5.86. The number of rotatable bonds is 2. The third-order valence-electron chi connectivity index (χ3n) is 2.59. The molecule has 2 N–H and O–H groups in total. The number of benzene rings is 1. The molecule has 7 heteroatoms. The van der Waals surface area contributed by atoms with E-state index in [4.69, 9.17) is 0 Å². The third kappa shape index (κ3) is 3.42. The Morgan fingerprint density at radius 1 is 1.32 bits per heavy atom. The fourth-order valence-corrected chi connectivity index (χ4v) is 3.26. The number of carbonyl (C=O) groups excluding carboxylic acids is 2. The number of halogens is 2. The predicted molar refractivity (Wildman–Crippen MR) is 80.0 cm³/mol. The summed E-state index contributed by atoms with van der Waals surface area (Å²) < 4.78 is 1.57. The van der Waals surface area contributed by atoms with Crippen LogP contribution in [0, 0.1) is 6.92 Å². The van der Waals surface area contributed by atoms with E-state index in [1.807, 2.05) is 19.1 Å². The molecule has 1 aliphatic heterocycles. The lowest BCUT2D eigenvalue weighted by molar-refractivity contribution is -0.121. The van der Waals surface area contributed by atoms with Crippen molar-refractivity contribution in [1.82, 2.24) is 5.43 Å². The first-order valence-corrected chi connectivity index (χ1v) is 7.18. The summed E-state index contributed by atoms with van der Waals surface area (Å²) in [6.07, 6.45) is 0.626. The van der Waals surface area contributed by atoms with Gasteiger partial charge in [0.1, 0.15) is 5.71 Å². The van der Waals surface area contributed by atoms with Gasteiger partial charge in [-0.15, -0.1) is 0 Å². The van der Waals surface area contributed by atoms with Gasteiger partial charge in [0.25, 0.3) is 5.91 Å². The minimum Gasteiger partial charge on any atom is -0.319 e. The summed E-state index contributed by atoms with van der Waals surface area (Å²) in [7, 11) is 0. The molecule has 1 aromatic rings. The monoisotopic (exact) mass is 387 g/mol. The lowest BCUT2D eigenvalue weighted by Crippen LogP contribution is -2.32. The topological polar surface area (TPSA) is 70.6 Å². The molecule has 1 aliphatic rings. The fraction of sp³-hybridized carbons (Fsp3) is 0.250. The van der Waals surface area contributed by atoms with Crippen molar-refractivity contribution in [3.63, 3.8) is 0 Å². The van der Waals surface area contributed by atoms with Crippen molar-refractivity contribution < 1.29 is 9.59 Å². The molecule has 2 rings (SSSR count). The normalized spacial score (nSPS) is 14.7. The van der Waals surface area contributed by atoms with E-state index in [1.54, 1.807) is 0 Å². The Hall–Kier alpha value is -1.21. The second kappa shape index (κ2) is 5.83. The van der Waals surface area contributed by atoms with E-state index in [0.717, 1.165) is 14.5 Å².